The number of rotatable bonds is 7. The summed E-state index contributed by atoms with van der Waals surface area (Å²) >= 11 is 0. The van der Waals surface area contributed by atoms with E-state index < -0.39 is 0 Å². The van der Waals surface area contributed by atoms with Crippen molar-refractivity contribution >= 4 is 50.6 Å². The summed E-state index contributed by atoms with van der Waals surface area (Å²) in [6, 6.07) is 52.8. The van der Waals surface area contributed by atoms with Crippen LogP contribution in [0.25, 0.3) is 33.5 Å². The number of nitrogens with zero attached hydrogens (tertiary/aromatic N) is 3. The molecular weight excluding hydrogens is 526 g/mol. The fourth-order valence-electron chi connectivity index (χ4n) is 5.95. The van der Waals surface area contributed by atoms with Gasteiger partial charge in [0.25, 0.3) is 0 Å². The lowest BCUT2D eigenvalue weighted by molar-refractivity contribution is 1.09. The lowest BCUT2D eigenvalue weighted by atomic mass is 10.0. The summed E-state index contributed by atoms with van der Waals surface area (Å²) in [7, 11) is 0. The first-order valence-corrected chi connectivity index (χ1v) is 14.5. The third-order valence-corrected chi connectivity index (χ3v) is 7.94. The Morgan fingerprint density at radius 1 is 0.512 bits per heavy atom. The van der Waals surface area contributed by atoms with E-state index >= 15 is 0 Å². The van der Waals surface area contributed by atoms with Gasteiger partial charge in [0.05, 0.1) is 33.4 Å². The fourth-order valence-corrected chi connectivity index (χ4v) is 5.95. The van der Waals surface area contributed by atoms with Crippen LogP contribution < -0.4 is 10.6 Å². The van der Waals surface area contributed by atoms with E-state index in [0.717, 1.165) is 62.7 Å². The van der Waals surface area contributed by atoms with Crippen LogP contribution in [0.2, 0.25) is 0 Å². The average Bonchev–Trinajstić information content (AvgIpc) is 3.58. The molecule has 0 radical (unpaired) electrons. The third-order valence-electron chi connectivity index (χ3n) is 7.94. The molecule has 0 aliphatic carbocycles. The topological polar surface area (TPSA) is 46.3 Å². The minimum Gasteiger partial charge on any atom is -0.354 e. The third kappa shape index (κ3) is 4.57. The molecule has 2 N–H and O–H groups in total. The van der Waals surface area contributed by atoms with Crippen molar-refractivity contribution in [2.24, 2.45) is 0 Å². The fraction of sp³-hybridized carbons (Fsp3) is 0.0263. The SMILES string of the molecule is c1ccc(Nc2ccccc2Nc2ccccc2Cc2cccc(-n3c4ccccc4n4c5ccccc5nc34)c2)cc1. The van der Waals surface area contributed by atoms with E-state index in [2.05, 4.69) is 147 Å². The summed E-state index contributed by atoms with van der Waals surface area (Å²) in [6.45, 7) is 0. The van der Waals surface area contributed by atoms with Crippen LogP contribution in [-0.2, 0) is 6.42 Å². The molecule has 5 nitrogen and oxygen atoms in total. The minimum atomic E-state index is 0.789. The number of imidazole rings is 2. The predicted molar refractivity (Wildman–Crippen MR) is 178 cm³/mol. The number of hydrogen-bond donors (Lipinski definition) is 2. The highest BCUT2D eigenvalue weighted by Crippen LogP contribution is 2.32. The largest absolute Gasteiger partial charge is 0.354 e. The second kappa shape index (κ2) is 10.5. The standard InChI is InChI=1S/C38H29N5/c1-2-15-29(16-3-1)39-32-19-6-7-20-33(32)40-31-18-5-4-14-28(31)25-27-13-12-17-30(26-27)42-36-23-10-11-24-37(36)43-35-22-9-8-21-34(35)41-38(42)43/h1-24,26,39-40H,25H2. The van der Waals surface area contributed by atoms with Crippen LogP contribution in [0.3, 0.4) is 0 Å². The molecule has 0 aliphatic rings. The maximum atomic E-state index is 5.05. The van der Waals surface area contributed by atoms with E-state index in [1.54, 1.807) is 0 Å². The van der Waals surface area contributed by atoms with Crippen molar-refractivity contribution in [1.82, 2.24) is 14.0 Å². The van der Waals surface area contributed by atoms with Crippen LogP contribution in [0.4, 0.5) is 22.7 Å². The molecule has 0 bridgehead atoms. The van der Waals surface area contributed by atoms with Gasteiger partial charge in [-0.15, -0.1) is 0 Å². The van der Waals surface area contributed by atoms with Gasteiger partial charge in [-0.3, -0.25) is 8.97 Å². The van der Waals surface area contributed by atoms with Crippen molar-refractivity contribution < 1.29 is 0 Å². The summed E-state index contributed by atoms with van der Waals surface area (Å²) in [5.41, 5.74) is 12.1. The Morgan fingerprint density at radius 3 is 2.00 bits per heavy atom. The van der Waals surface area contributed by atoms with Gasteiger partial charge in [-0.05, 0) is 84.3 Å². The molecule has 0 saturated heterocycles. The lowest BCUT2D eigenvalue weighted by Crippen LogP contribution is -2.01. The molecule has 0 atom stereocenters. The Morgan fingerprint density at radius 2 is 1.16 bits per heavy atom. The van der Waals surface area contributed by atoms with Crippen molar-refractivity contribution in [3.63, 3.8) is 0 Å². The lowest BCUT2D eigenvalue weighted by Gasteiger charge is -2.17. The molecule has 0 amide bonds. The van der Waals surface area contributed by atoms with Crippen molar-refractivity contribution in [3.05, 3.63) is 163 Å². The Labute approximate surface area is 249 Å². The summed E-state index contributed by atoms with van der Waals surface area (Å²) in [4.78, 5) is 5.05. The van der Waals surface area contributed by atoms with Gasteiger partial charge in [0.15, 0.2) is 0 Å². The summed E-state index contributed by atoms with van der Waals surface area (Å²) < 4.78 is 4.53. The summed E-state index contributed by atoms with van der Waals surface area (Å²) in [6.07, 6.45) is 0.789. The second-order valence-electron chi connectivity index (χ2n) is 10.7. The van der Waals surface area contributed by atoms with Crippen LogP contribution in [0.1, 0.15) is 11.1 Å². The molecule has 5 heteroatoms. The number of para-hydroxylation sites is 8. The van der Waals surface area contributed by atoms with Crippen LogP contribution in [0, 0.1) is 0 Å². The number of nitrogens with one attached hydrogen (secondary N) is 2. The predicted octanol–water partition coefficient (Wildman–Crippen LogP) is 9.51. The molecule has 8 aromatic rings. The number of benzene rings is 6. The van der Waals surface area contributed by atoms with Crippen molar-refractivity contribution in [1.29, 1.82) is 0 Å². The molecule has 206 valence electrons. The zero-order valence-corrected chi connectivity index (χ0v) is 23.5. The zero-order chi connectivity index (χ0) is 28.6. The maximum Gasteiger partial charge on any atom is 0.220 e. The molecule has 8 rings (SSSR count). The van der Waals surface area contributed by atoms with Crippen LogP contribution >= 0.6 is 0 Å². The first-order chi connectivity index (χ1) is 21.3. The van der Waals surface area contributed by atoms with E-state index in [4.69, 9.17) is 4.98 Å². The number of aromatic nitrogens is 3. The molecule has 0 unspecified atom stereocenters. The Hall–Kier alpha value is -5.81. The smallest absolute Gasteiger partial charge is 0.220 e. The van der Waals surface area contributed by atoms with E-state index in [9.17, 15) is 0 Å². The summed E-state index contributed by atoms with van der Waals surface area (Å²) in [5.74, 6) is 0.920. The van der Waals surface area contributed by atoms with Crippen LogP contribution in [0.15, 0.2) is 152 Å². The van der Waals surface area contributed by atoms with E-state index in [0.29, 0.717) is 0 Å². The normalized spacial score (nSPS) is 11.3. The summed E-state index contributed by atoms with van der Waals surface area (Å²) in [5, 5.41) is 7.26. The molecule has 2 heterocycles. The molecule has 0 spiro atoms. The number of anilines is 4. The quantitative estimate of drug-likeness (QED) is 0.206. The molecule has 0 saturated carbocycles. The average molecular weight is 556 g/mol. The van der Waals surface area contributed by atoms with Gasteiger partial charge in [-0.2, -0.15) is 0 Å². The number of hydrogen-bond acceptors (Lipinski definition) is 3. The first-order valence-electron chi connectivity index (χ1n) is 14.5. The molecule has 2 aromatic heterocycles. The second-order valence-corrected chi connectivity index (χ2v) is 10.7. The Bertz CT molecular complexity index is 2230. The van der Waals surface area contributed by atoms with E-state index in [1.807, 2.05) is 24.3 Å². The van der Waals surface area contributed by atoms with Gasteiger partial charge in [-0.1, -0.05) is 84.9 Å². The number of fused-ring (bicyclic) bond motifs is 5. The minimum absolute atomic E-state index is 0.789. The van der Waals surface area contributed by atoms with Gasteiger partial charge in [-0.25, -0.2) is 4.98 Å². The molecule has 6 aromatic carbocycles. The van der Waals surface area contributed by atoms with Crippen molar-refractivity contribution in [3.8, 4) is 5.69 Å². The van der Waals surface area contributed by atoms with Gasteiger partial charge < -0.3 is 10.6 Å². The van der Waals surface area contributed by atoms with Gasteiger partial charge in [0, 0.05) is 17.1 Å². The zero-order valence-electron chi connectivity index (χ0n) is 23.5. The Kier molecular flexibility index (Phi) is 6.12. The van der Waals surface area contributed by atoms with Gasteiger partial charge in [0.2, 0.25) is 5.78 Å². The molecule has 43 heavy (non-hydrogen) atoms. The highest BCUT2D eigenvalue weighted by Gasteiger charge is 2.17. The van der Waals surface area contributed by atoms with Gasteiger partial charge >= 0.3 is 0 Å². The molecule has 0 aliphatic heterocycles. The van der Waals surface area contributed by atoms with Crippen LogP contribution in [-0.4, -0.2) is 14.0 Å². The van der Waals surface area contributed by atoms with E-state index in [1.165, 1.54) is 11.1 Å². The maximum absolute atomic E-state index is 5.05. The molecule has 0 fully saturated rings. The van der Waals surface area contributed by atoms with Gasteiger partial charge in [0.1, 0.15) is 0 Å². The highest BCUT2D eigenvalue weighted by molar-refractivity contribution is 5.92. The molecular formula is C38H29N5. The monoisotopic (exact) mass is 555 g/mol. The van der Waals surface area contributed by atoms with Crippen LogP contribution in [0.5, 0.6) is 0 Å². The highest BCUT2D eigenvalue weighted by atomic mass is 15.2. The van der Waals surface area contributed by atoms with Crippen molar-refractivity contribution in [2.75, 3.05) is 10.6 Å². The van der Waals surface area contributed by atoms with Crippen molar-refractivity contribution in [2.45, 2.75) is 6.42 Å². The first kappa shape index (κ1) is 24.9. The van der Waals surface area contributed by atoms with E-state index in [-0.39, 0.29) is 0 Å². The Balaban J connectivity index is 1.15.